The number of hydrogen-bond donors (Lipinski definition) is 2. The molecule has 98 valence electrons. The number of carbonyl (C=O) groups is 1. The number of pyridine rings is 1. The molecule has 2 rings (SSSR count). The van der Waals surface area contributed by atoms with E-state index in [1.165, 1.54) is 4.90 Å². The Labute approximate surface area is 107 Å². The number of likely N-dealkylation sites (tertiary alicyclic amines) is 1. The predicted octanol–water partition coefficient (Wildman–Crippen LogP) is 1.78. The lowest BCUT2D eigenvalue weighted by Gasteiger charge is -2.33. The van der Waals surface area contributed by atoms with E-state index in [1.54, 1.807) is 0 Å². The Hall–Kier alpha value is -1.62. The van der Waals surface area contributed by atoms with Crippen LogP contribution in [0.1, 0.15) is 30.1 Å². The van der Waals surface area contributed by atoms with Crippen molar-refractivity contribution in [2.75, 3.05) is 13.1 Å². The van der Waals surface area contributed by atoms with Crippen LogP contribution >= 0.6 is 0 Å². The Balaban J connectivity index is 1.97. The van der Waals surface area contributed by atoms with Crippen LogP contribution in [-0.4, -0.2) is 34.2 Å². The summed E-state index contributed by atoms with van der Waals surface area (Å²) in [5.74, 6) is 0.316. The molecule has 5 heteroatoms. The highest BCUT2D eigenvalue weighted by molar-refractivity contribution is 5.64. The lowest BCUT2D eigenvalue weighted by Crippen LogP contribution is -2.40. The minimum Gasteiger partial charge on any atom is -0.465 e. The summed E-state index contributed by atoms with van der Waals surface area (Å²) in [7, 11) is 0. The maximum Gasteiger partial charge on any atom is 0.407 e. The highest BCUT2D eigenvalue weighted by atomic mass is 16.4. The third-order valence-electron chi connectivity index (χ3n) is 3.59. The predicted molar refractivity (Wildman–Crippen MR) is 68.2 cm³/mol. The molecule has 1 aromatic heterocycles. The minimum atomic E-state index is -0.838. The van der Waals surface area contributed by atoms with Gasteiger partial charge < -0.3 is 15.7 Å². The first-order chi connectivity index (χ1) is 8.58. The number of aromatic nitrogens is 1. The van der Waals surface area contributed by atoms with Crippen molar-refractivity contribution in [2.24, 2.45) is 11.7 Å². The van der Waals surface area contributed by atoms with Gasteiger partial charge >= 0.3 is 6.09 Å². The molecule has 1 aliphatic heterocycles. The molecular weight excluding hydrogens is 230 g/mol. The maximum absolute atomic E-state index is 10.8. The number of carboxylic acid groups (broad SMARTS) is 1. The largest absolute Gasteiger partial charge is 0.465 e. The topological polar surface area (TPSA) is 79.5 Å². The highest BCUT2D eigenvalue weighted by Crippen LogP contribution is 2.27. The summed E-state index contributed by atoms with van der Waals surface area (Å²) in [5, 5.41) is 8.89. The van der Waals surface area contributed by atoms with Crippen molar-refractivity contribution in [1.82, 2.24) is 9.88 Å². The lowest BCUT2D eigenvalue weighted by atomic mass is 9.88. The van der Waals surface area contributed by atoms with Crippen molar-refractivity contribution in [1.29, 1.82) is 0 Å². The Kier molecular flexibility index (Phi) is 3.81. The zero-order valence-corrected chi connectivity index (χ0v) is 10.5. The first kappa shape index (κ1) is 12.8. The molecule has 1 unspecified atom stereocenters. The minimum absolute atomic E-state index is 0.0958. The summed E-state index contributed by atoms with van der Waals surface area (Å²) in [6.45, 7) is 3.13. The number of nitrogens with zero attached hydrogens (tertiary/aromatic N) is 2. The summed E-state index contributed by atoms with van der Waals surface area (Å²) in [5.41, 5.74) is 8.23. The van der Waals surface area contributed by atoms with Crippen molar-refractivity contribution in [3.63, 3.8) is 0 Å². The molecule has 5 nitrogen and oxygen atoms in total. The molecule has 3 N–H and O–H groups in total. The maximum atomic E-state index is 10.8. The molecule has 1 atom stereocenters. The smallest absolute Gasteiger partial charge is 0.407 e. The fraction of sp³-hybridized carbons (Fsp3) is 0.538. The molecule has 0 aliphatic carbocycles. The van der Waals surface area contributed by atoms with Gasteiger partial charge in [0.25, 0.3) is 0 Å². The molecular formula is C13H19N3O2. The van der Waals surface area contributed by atoms with E-state index in [-0.39, 0.29) is 6.04 Å². The van der Waals surface area contributed by atoms with Gasteiger partial charge in [-0.1, -0.05) is 6.07 Å². The van der Waals surface area contributed by atoms with E-state index in [0.717, 1.165) is 24.1 Å². The molecule has 0 saturated carbocycles. The fourth-order valence-corrected chi connectivity index (χ4v) is 2.37. The molecule has 1 fully saturated rings. The molecule has 1 amide bonds. The zero-order valence-electron chi connectivity index (χ0n) is 10.5. The van der Waals surface area contributed by atoms with E-state index in [1.807, 2.05) is 25.3 Å². The number of aryl methyl sites for hydroxylation is 1. The van der Waals surface area contributed by atoms with Gasteiger partial charge in [-0.05, 0) is 37.3 Å². The molecule has 0 radical (unpaired) electrons. The van der Waals surface area contributed by atoms with E-state index < -0.39 is 6.09 Å². The second kappa shape index (κ2) is 5.35. The van der Waals surface area contributed by atoms with Gasteiger partial charge in [0.05, 0.1) is 5.69 Å². The first-order valence-corrected chi connectivity index (χ1v) is 6.24. The van der Waals surface area contributed by atoms with Gasteiger partial charge in [0, 0.05) is 25.3 Å². The molecule has 0 aromatic carbocycles. The van der Waals surface area contributed by atoms with Crippen molar-refractivity contribution < 1.29 is 9.90 Å². The van der Waals surface area contributed by atoms with Crippen LogP contribution in [0.5, 0.6) is 0 Å². The van der Waals surface area contributed by atoms with Gasteiger partial charge in [0.1, 0.15) is 0 Å². The summed E-state index contributed by atoms with van der Waals surface area (Å²) < 4.78 is 0. The van der Waals surface area contributed by atoms with Crippen molar-refractivity contribution in [3.8, 4) is 0 Å². The van der Waals surface area contributed by atoms with Gasteiger partial charge in [0.2, 0.25) is 0 Å². The number of hydrogen-bond acceptors (Lipinski definition) is 3. The Morgan fingerprint density at radius 3 is 2.67 bits per heavy atom. The van der Waals surface area contributed by atoms with E-state index in [9.17, 15) is 4.79 Å². The molecule has 2 heterocycles. The van der Waals surface area contributed by atoms with Crippen LogP contribution in [0.4, 0.5) is 4.79 Å². The third-order valence-corrected chi connectivity index (χ3v) is 3.59. The fourth-order valence-electron chi connectivity index (χ4n) is 2.37. The molecule has 1 aromatic rings. The van der Waals surface area contributed by atoms with Crippen molar-refractivity contribution >= 4 is 6.09 Å². The second-order valence-corrected chi connectivity index (χ2v) is 4.89. The number of piperidine rings is 1. The Morgan fingerprint density at radius 2 is 2.17 bits per heavy atom. The van der Waals surface area contributed by atoms with Crippen LogP contribution in [0.2, 0.25) is 0 Å². The summed E-state index contributed by atoms with van der Waals surface area (Å²) in [4.78, 5) is 16.6. The van der Waals surface area contributed by atoms with E-state index in [0.29, 0.717) is 19.0 Å². The quantitative estimate of drug-likeness (QED) is 0.837. The monoisotopic (exact) mass is 249 g/mol. The average Bonchev–Trinajstić information content (AvgIpc) is 2.39. The van der Waals surface area contributed by atoms with Crippen molar-refractivity contribution in [2.45, 2.75) is 25.8 Å². The van der Waals surface area contributed by atoms with E-state index in [4.69, 9.17) is 10.8 Å². The van der Waals surface area contributed by atoms with Crippen LogP contribution in [-0.2, 0) is 0 Å². The standard InChI is InChI=1S/C13H19N3O2/c1-9-2-3-11(15-8-9)12(14)10-4-6-16(7-5-10)13(17)18/h2-3,8,10,12H,4-7,14H2,1H3,(H,17,18). The van der Waals surface area contributed by atoms with Gasteiger partial charge in [0.15, 0.2) is 0 Å². The van der Waals surface area contributed by atoms with Crippen LogP contribution in [0, 0.1) is 12.8 Å². The van der Waals surface area contributed by atoms with Gasteiger partial charge in [-0.25, -0.2) is 4.79 Å². The van der Waals surface area contributed by atoms with Gasteiger partial charge in [-0.2, -0.15) is 0 Å². The second-order valence-electron chi connectivity index (χ2n) is 4.89. The molecule has 18 heavy (non-hydrogen) atoms. The van der Waals surface area contributed by atoms with Crippen LogP contribution in [0.15, 0.2) is 18.3 Å². The summed E-state index contributed by atoms with van der Waals surface area (Å²) >= 11 is 0. The Morgan fingerprint density at radius 1 is 1.50 bits per heavy atom. The Bertz CT molecular complexity index is 411. The average molecular weight is 249 g/mol. The van der Waals surface area contributed by atoms with Crippen LogP contribution in [0.25, 0.3) is 0 Å². The normalized spacial score (nSPS) is 18.7. The highest BCUT2D eigenvalue weighted by Gasteiger charge is 2.27. The van der Waals surface area contributed by atoms with Crippen molar-refractivity contribution in [3.05, 3.63) is 29.6 Å². The summed E-state index contributed by atoms with van der Waals surface area (Å²) in [6, 6.07) is 3.87. The number of rotatable bonds is 2. The zero-order chi connectivity index (χ0) is 13.1. The lowest BCUT2D eigenvalue weighted by molar-refractivity contribution is 0.120. The molecule has 0 bridgehead atoms. The summed E-state index contributed by atoms with van der Waals surface area (Å²) in [6.07, 6.45) is 2.60. The SMILES string of the molecule is Cc1ccc(C(N)C2CCN(C(=O)O)CC2)nc1. The third kappa shape index (κ3) is 2.79. The van der Waals surface area contributed by atoms with E-state index in [2.05, 4.69) is 4.98 Å². The van der Waals surface area contributed by atoms with E-state index >= 15 is 0 Å². The molecule has 0 spiro atoms. The number of amides is 1. The first-order valence-electron chi connectivity index (χ1n) is 6.24. The molecule has 1 aliphatic rings. The van der Waals surface area contributed by atoms with Gasteiger partial charge in [-0.3, -0.25) is 4.98 Å². The van der Waals surface area contributed by atoms with Gasteiger partial charge in [-0.15, -0.1) is 0 Å². The molecule has 1 saturated heterocycles. The van der Waals surface area contributed by atoms with Crippen LogP contribution in [0.3, 0.4) is 0 Å². The van der Waals surface area contributed by atoms with Crippen LogP contribution < -0.4 is 5.73 Å². The number of nitrogens with two attached hydrogens (primary N) is 1.